The summed E-state index contributed by atoms with van der Waals surface area (Å²) >= 11 is 6.21. The zero-order valence-corrected chi connectivity index (χ0v) is 11.6. The molecule has 1 unspecified atom stereocenters. The number of hydrogen-bond acceptors (Lipinski definition) is 2. The van der Waals surface area contributed by atoms with Gasteiger partial charge in [-0.1, -0.05) is 43.6 Å². The summed E-state index contributed by atoms with van der Waals surface area (Å²) in [5.41, 5.74) is 1.16. The van der Waals surface area contributed by atoms with E-state index < -0.39 is 0 Å². The first-order chi connectivity index (χ1) is 8.15. The van der Waals surface area contributed by atoms with Crippen molar-refractivity contribution < 1.29 is 4.74 Å². The molecule has 0 saturated heterocycles. The van der Waals surface area contributed by atoms with Crippen LogP contribution in [0.25, 0.3) is 0 Å². The predicted octanol–water partition coefficient (Wildman–Crippen LogP) is 3.32. The topological polar surface area (TPSA) is 21.3 Å². The molecule has 0 heterocycles. The summed E-state index contributed by atoms with van der Waals surface area (Å²) in [6.45, 7) is 7.01. The van der Waals surface area contributed by atoms with E-state index in [4.69, 9.17) is 16.3 Å². The van der Waals surface area contributed by atoms with Crippen molar-refractivity contribution in [3.05, 3.63) is 34.9 Å². The van der Waals surface area contributed by atoms with Gasteiger partial charge in [-0.25, -0.2) is 0 Å². The predicted molar refractivity (Wildman–Crippen MR) is 73.8 cm³/mol. The SMILES string of the molecule is COCC(CNCC(C)C)c1ccccc1Cl. The summed E-state index contributed by atoms with van der Waals surface area (Å²) in [6, 6.07) is 7.98. The molecule has 0 amide bonds. The van der Waals surface area contributed by atoms with E-state index in [-0.39, 0.29) is 0 Å². The number of halogens is 1. The molecule has 0 fully saturated rings. The third-order valence-corrected chi connectivity index (χ3v) is 3.00. The van der Waals surface area contributed by atoms with E-state index in [1.807, 2.05) is 18.2 Å². The molecule has 17 heavy (non-hydrogen) atoms. The molecule has 1 aromatic rings. The van der Waals surface area contributed by atoms with Crippen molar-refractivity contribution in [1.29, 1.82) is 0 Å². The van der Waals surface area contributed by atoms with Crippen LogP contribution in [-0.4, -0.2) is 26.8 Å². The monoisotopic (exact) mass is 255 g/mol. The van der Waals surface area contributed by atoms with E-state index in [0.29, 0.717) is 18.4 Å². The van der Waals surface area contributed by atoms with E-state index in [1.54, 1.807) is 7.11 Å². The Bertz CT molecular complexity index is 328. The van der Waals surface area contributed by atoms with Crippen LogP contribution < -0.4 is 5.32 Å². The van der Waals surface area contributed by atoms with Crippen molar-refractivity contribution in [3.8, 4) is 0 Å². The molecule has 0 spiro atoms. The first-order valence-electron chi connectivity index (χ1n) is 6.09. The Morgan fingerprint density at radius 2 is 1.94 bits per heavy atom. The third-order valence-electron chi connectivity index (χ3n) is 2.66. The smallest absolute Gasteiger partial charge is 0.0543 e. The summed E-state index contributed by atoms with van der Waals surface area (Å²) in [6.07, 6.45) is 0. The van der Waals surface area contributed by atoms with Gasteiger partial charge in [-0.05, 0) is 24.1 Å². The van der Waals surface area contributed by atoms with Gasteiger partial charge in [-0.3, -0.25) is 0 Å². The van der Waals surface area contributed by atoms with Crippen LogP contribution in [0.2, 0.25) is 5.02 Å². The average molecular weight is 256 g/mol. The molecule has 3 heteroatoms. The molecule has 1 rings (SSSR count). The Morgan fingerprint density at radius 3 is 2.53 bits per heavy atom. The minimum absolute atomic E-state index is 0.312. The van der Waals surface area contributed by atoms with Crippen LogP contribution in [-0.2, 0) is 4.74 Å². The fourth-order valence-corrected chi connectivity index (χ4v) is 2.10. The Morgan fingerprint density at radius 1 is 1.24 bits per heavy atom. The second kappa shape index (κ2) is 7.70. The molecule has 0 aliphatic carbocycles. The van der Waals surface area contributed by atoms with Gasteiger partial charge in [-0.2, -0.15) is 0 Å². The van der Waals surface area contributed by atoms with Crippen LogP contribution in [0.15, 0.2) is 24.3 Å². The van der Waals surface area contributed by atoms with Gasteiger partial charge in [-0.15, -0.1) is 0 Å². The van der Waals surface area contributed by atoms with E-state index in [2.05, 4.69) is 25.2 Å². The highest BCUT2D eigenvalue weighted by Gasteiger charge is 2.14. The molecule has 96 valence electrons. The molecule has 0 bridgehead atoms. The molecule has 0 aromatic heterocycles. The van der Waals surface area contributed by atoms with Crippen molar-refractivity contribution in [3.63, 3.8) is 0 Å². The molecule has 1 atom stereocenters. The minimum atomic E-state index is 0.312. The molecular weight excluding hydrogens is 234 g/mol. The van der Waals surface area contributed by atoms with Crippen molar-refractivity contribution in [1.82, 2.24) is 5.32 Å². The zero-order chi connectivity index (χ0) is 12.7. The highest BCUT2D eigenvalue weighted by Crippen LogP contribution is 2.24. The second-order valence-corrected chi connectivity index (χ2v) is 5.13. The lowest BCUT2D eigenvalue weighted by atomic mass is 9.99. The van der Waals surface area contributed by atoms with E-state index >= 15 is 0 Å². The lowest BCUT2D eigenvalue weighted by molar-refractivity contribution is 0.177. The average Bonchev–Trinajstić information content (AvgIpc) is 2.28. The number of benzene rings is 1. The molecule has 0 saturated carbocycles. The van der Waals surface area contributed by atoms with Gasteiger partial charge in [0.15, 0.2) is 0 Å². The summed E-state index contributed by atoms with van der Waals surface area (Å²) in [4.78, 5) is 0. The Hall–Kier alpha value is -0.570. The fourth-order valence-electron chi connectivity index (χ4n) is 1.81. The summed E-state index contributed by atoms with van der Waals surface area (Å²) in [5, 5.41) is 4.28. The van der Waals surface area contributed by atoms with Gasteiger partial charge >= 0.3 is 0 Å². The molecule has 2 nitrogen and oxygen atoms in total. The van der Waals surface area contributed by atoms with Crippen LogP contribution in [0.3, 0.4) is 0 Å². The summed E-state index contributed by atoms with van der Waals surface area (Å²) in [7, 11) is 1.73. The van der Waals surface area contributed by atoms with Crippen molar-refractivity contribution in [2.45, 2.75) is 19.8 Å². The molecular formula is C14H22ClNO. The Balaban J connectivity index is 2.62. The molecule has 1 N–H and O–H groups in total. The van der Waals surface area contributed by atoms with Crippen molar-refractivity contribution >= 4 is 11.6 Å². The minimum Gasteiger partial charge on any atom is -0.384 e. The summed E-state index contributed by atoms with van der Waals surface area (Å²) in [5.74, 6) is 0.969. The lowest BCUT2D eigenvalue weighted by Crippen LogP contribution is -2.27. The molecule has 1 aromatic carbocycles. The maximum absolute atomic E-state index is 6.21. The van der Waals surface area contributed by atoms with Gasteiger partial charge in [0.1, 0.15) is 0 Å². The zero-order valence-electron chi connectivity index (χ0n) is 10.9. The van der Waals surface area contributed by atoms with Gasteiger partial charge in [0, 0.05) is 24.6 Å². The quantitative estimate of drug-likeness (QED) is 0.807. The lowest BCUT2D eigenvalue weighted by Gasteiger charge is -2.19. The highest BCUT2D eigenvalue weighted by molar-refractivity contribution is 6.31. The molecule has 0 aliphatic rings. The van der Waals surface area contributed by atoms with Crippen molar-refractivity contribution in [2.24, 2.45) is 5.92 Å². The van der Waals surface area contributed by atoms with E-state index in [9.17, 15) is 0 Å². The largest absolute Gasteiger partial charge is 0.384 e. The maximum atomic E-state index is 6.21. The number of nitrogens with one attached hydrogen (secondary N) is 1. The molecule has 0 radical (unpaired) electrons. The first kappa shape index (κ1) is 14.5. The van der Waals surface area contributed by atoms with Crippen LogP contribution in [0.4, 0.5) is 0 Å². The van der Waals surface area contributed by atoms with Crippen LogP contribution in [0, 0.1) is 5.92 Å². The number of ether oxygens (including phenoxy) is 1. The maximum Gasteiger partial charge on any atom is 0.0543 e. The summed E-state index contributed by atoms with van der Waals surface area (Å²) < 4.78 is 5.27. The standard InChI is InChI=1S/C14H22ClNO/c1-11(2)8-16-9-12(10-17-3)13-6-4-5-7-14(13)15/h4-7,11-12,16H,8-10H2,1-3H3. The van der Waals surface area contributed by atoms with Gasteiger partial charge in [0.25, 0.3) is 0 Å². The highest BCUT2D eigenvalue weighted by atomic mass is 35.5. The van der Waals surface area contributed by atoms with Crippen LogP contribution >= 0.6 is 11.6 Å². The normalized spacial score (nSPS) is 13.0. The van der Waals surface area contributed by atoms with Crippen LogP contribution in [0.1, 0.15) is 25.3 Å². The Labute approximate surface area is 109 Å². The number of hydrogen-bond donors (Lipinski definition) is 1. The molecule has 0 aliphatic heterocycles. The Kier molecular flexibility index (Phi) is 6.56. The van der Waals surface area contributed by atoms with Gasteiger partial charge < -0.3 is 10.1 Å². The van der Waals surface area contributed by atoms with E-state index in [1.165, 1.54) is 0 Å². The number of rotatable bonds is 7. The van der Waals surface area contributed by atoms with E-state index in [0.717, 1.165) is 23.7 Å². The van der Waals surface area contributed by atoms with Gasteiger partial charge in [0.2, 0.25) is 0 Å². The number of methoxy groups -OCH3 is 1. The fraction of sp³-hybridized carbons (Fsp3) is 0.571. The van der Waals surface area contributed by atoms with Crippen molar-refractivity contribution in [2.75, 3.05) is 26.8 Å². The van der Waals surface area contributed by atoms with Crippen LogP contribution in [0.5, 0.6) is 0 Å². The second-order valence-electron chi connectivity index (χ2n) is 4.73. The van der Waals surface area contributed by atoms with Gasteiger partial charge in [0.05, 0.1) is 6.61 Å². The first-order valence-corrected chi connectivity index (χ1v) is 6.47. The third kappa shape index (κ3) is 5.07.